The van der Waals surface area contributed by atoms with Gasteiger partial charge in [-0.05, 0) is 61.2 Å². The predicted octanol–water partition coefficient (Wildman–Crippen LogP) is 7.63. The minimum absolute atomic E-state index is 0.609. The van der Waals surface area contributed by atoms with Gasteiger partial charge in [0.05, 0.1) is 0 Å². The highest BCUT2D eigenvalue weighted by Crippen LogP contribution is 2.40. The molecule has 0 aromatic heterocycles. The van der Waals surface area contributed by atoms with Crippen molar-refractivity contribution in [2.45, 2.75) is 74.6 Å². The summed E-state index contributed by atoms with van der Waals surface area (Å²) in [4.78, 5) is 0. The van der Waals surface area contributed by atoms with E-state index in [0.717, 1.165) is 5.92 Å². The molecule has 0 saturated heterocycles. The third-order valence-corrected chi connectivity index (χ3v) is 7.37. The van der Waals surface area contributed by atoms with Crippen molar-refractivity contribution in [3.63, 3.8) is 0 Å². The second kappa shape index (κ2) is 8.41. The molecular weight excluding hydrogens is 415 g/mol. The first kappa shape index (κ1) is 17.8. The number of halogens is 1. The average Bonchev–Trinajstić information content (AvgIpc) is 2.65. The van der Waals surface area contributed by atoms with Crippen molar-refractivity contribution in [3.05, 3.63) is 58.7 Å². The van der Waals surface area contributed by atoms with Crippen LogP contribution in [0.5, 0.6) is 0 Å². The van der Waals surface area contributed by atoms with Gasteiger partial charge in [0.15, 0.2) is 0 Å². The molecule has 0 radical (unpaired) electrons. The van der Waals surface area contributed by atoms with E-state index in [1.165, 1.54) is 70.6 Å². The molecule has 4 rings (SSSR count). The number of alkyl halides is 1. The van der Waals surface area contributed by atoms with Crippen molar-refractivity contribution in [2.24, 2.45) is 11.8 Å². The van der Waals surface area contributed by atoms with Crippen molar-refractivity contribution in [1.82, 2.24) is 0 Å². The highest BCUT2D eigenvalue weighted by Gasteiger charge is 2.24. The quantitative estimate of drug-likeness (QED) is 0.287. The van der Waals surface area contributed by atoms with E-state index in [1.807, 2.05) is 0 Å². The van der Waals surface area contributed by atoms with E-state index in [0.29, 0.717) is 9.84 Å². The fourth-order valence-electron chi connectivity index (χ4n) is 4.96. The molecule has 2 unspecified atom stereocenters. The van der Waals surface area contributed by atoms with Crippen LogP contribution in [-0.4, -0.2) is 3.92 Å². The molecule has 1 heteroatoms. The highest BCUT2D eigenvalue weighted by atomic mass is 127. The molecule has 25 heavy (non-hydrogen) atoms. The minimum Gasteiger partial charge on any atom is -0.0801 e. The molecule has 0 heterocycles. The van der Waals surface area contributed by atoms with Crippen LogP contribution in [0.15, 0.2) is 58.7 Å². The topological polar surface area (TPSA) is 0 Å². The first-order valence-corrected chi connectivity index (χ1v) is 11.7. The summed E-state index contributed by atoms with van der Waals surface area (Å²) in [6, 6.07) is 0. The van der Waals surface area contributed by atoms with Gasteiger partial charge in [-0.15, -0.1) is 0 Å². The number of rotatable bonds is 1. The van der Waals surface area contributed by atoms with E-state index in [-0.39, 0.29) is 0 Å². The molecular formula is C24H31I. The maximum atomic E-state index is 2.62. The summed E-state index contributed by atoms with van der Waals surface area (Å²) in [7, 11) is 0. The Morgan fingerprint density at radius 2 is 1.60 bits per heavy atom. The van der Waals surface area contributed by atoms with E-state index in [4.69, 9.17) is 0 Å². The third-order valence-electron chi connectivity index (χ3n) is 6.51. The monoisotopic (exact) mass is 446 g/mol. The summed E-state index contributed by atoms with van der Waals surface area (Å²) in [6.07, 6.45) is 30.0. The zero-order valence-electron chi connectivity index (χ0n) is 15.4. The third kappa shape index (κ3) is 4.40. The summed E-state index contributed by atoms with van der Waals surface area (Å²) in [6.45, 7) is 0. The fourth-order valence-corrected chi connectivity index (χ4v) is 5.64. The van der Waals surface area contributed by atoms with Crippen LogP contribution >= 0.6 is 22.6 Å². The summed E-state index contributed by atoms with van der Waals surface area (Å²) in [5, 5.41) is 0. The number of hydrogen-bond donors (Lipinski definition) is 0. The van der Waals surface area contributed by atoms with Gasteiger partial charge in [0.25, 0.3) is 0 Å². The van der Waals surface area contributed by atoms with Gasteiger partial charge < -0.3 is 0 Å². The average molecular weight is 446 g/mol. The SMILES string of the molecule is I[C@H]1C=CC2=C(C=CC(C3=CCC4CCCCCCCCC4=C3)C2)C1. The van der Waals surface area contributed by atoms with Gasteiger partial charge in [-0.3, -0.25) is 0 Å². The number of allylic oxidation sites excluding steroid dienone is 10. The fraction of sp³-hybridized carbons (Fsp3) is 0.583. The maximum Gasteiger partial charge on any atom is 0.0333 e. The zero-order valence-corrected chi connectivity index (χ0v) is 17.5. The van der Waals surface area contributed by atoms with Gasteiger partial charge in [-0.1, -0.05) is 96.7 Å². The lowest BCUT2D eigenvalue weighted by Gasteiger charge is -2.30. The Hall–Kier alpha value is -0.570. The normalized spacial score (nSPS) is 33.2. The molecule has 3 atom stereocenters. The van der Waals surface area contributed by atoms with Crippen molar-refractivity contribution in [3.8, 4) is 0 Å². The standard InChI is InChI=1S/C24H31I/c25-24-14-13-22-16-21(11-12-23(22)17-24)20-10-9-18-7-5-3-1-2-4-6-8-19(18)15-20/h10-15,18,21,24H,1-9,16-17H2/t18?,21?,24-/m0/s1. The maximum absolute atomic E-state index is 2.62. The van der Waals surface area contributed by atoms with Crippen molar-refractivity contribution < 1.29 is 0 Å². The first-order valence-electron chi connectivity index (χ1n) is 10.4. The second-order valence-corrected chi connectivity index (χ2v) is 9.92. The summed E-state index contributed by atoms with van der Waals surface area (Å²) in [5.41, 5.74) is 6.56. The molecule has 4 aliphatic rings. The lowest BCUT2D eigenvalue weighted by Crippen LogP contribution is -2.15. The molecule has 0 aromatic carbocycles. The molecule has 134 valence electrons. The smallest absolute Gasteiger partial charge is 0.0333 e. The number of hydrogen-bond acceptors (Lipinski definition) is 0. The van der Waals surface area contributed by atoms with E-state index in [9.17, 15) is 0 Å². The van der Waals surface area contributed by atoms with Crippen LogP contribution in [0.2, 0.25) is 0 Å². The number of fused-ring (bicyclic) bond motifs is 1. The lowest BCUT2D eigenvalue weighted by molar-refractivity contribution is 0.461. The van der Waals surface area contributed by atoms with E-state index in [2.05, 4.69) is 59.0 Å². The molecule has 1 saturated carbocycles. The predicted molar refractivity (Wildman–Crippen MR) is 117 cm³/mol. The molecule has 0 amide bonds. The van der Waals surface area contributed by atoms with Crippen LogP contribution in [-0.2, 0) is 0 Å². The second-order valence-electron chi connectivity index (χ2n) is 8.32. The lowest BCUT2D eigenvalue weighted by atomic mass is 9.76. The molecule has 0 spiro atoms. The van der Waals surface area contributed by atoms with Gasteiger partial charge in [0.1, 0.15) is 0 Å². The van der Waals surface area contributed by atoms with Crippen LogP contribution in [0, 0.1) is 11.8 Å². The van der Waals surface area contributed by atoms with Gasteiger partial charge >= 0.3 is 0 Å². The largest absolute Gasteiger partial charge is 0.0801 e. The first-order chi connectivity index (χ1) is 12.3. The summed E-state index contributed by atoms with van der Waals surface area (Å²) < 4.78 is 0.678. The van der Waals surface area contributed by atoms with Crippen LogP contribution < -0.4 is 0 Å². The van der Waals surface area contributed by atoms with Crippen LogP contribution in [0.3, 0.4) is 0 Å². The Kier molecular flexibility index (Phi) is 6.00. The highest BCUT2D eigenvalue weighted by molar-refractivity contribution is 14.1. The Morgan fingerprint density at radius 3 is 2.52 bits per heavy atom. The van der Waals surface area contributed by atoms with Gasteiger partial charge in [0, 0.05) is 9.84 Å². The summed E-state index contributed by atoms with van der Waals surface area (Å²) >= 11 is 2.55. The molecule has 0 aromatic rings. The molecule has 4 aliphatic carbocycles. The van der Waals surface area contributed by atoms with Crippen LogP contribution in [0.1, 0.15) is 70.6 Å². The summed E-state index contributed by atoms with van der Waals surface area (Å²) in [5.74, 6) is 1.46. The molecule has 0 nitrogen and oxygen atoms in total. The van der Waals surface area contributed by atoms with Crippen molar-refractivity contribution >= 4 is 22.6 Å². The zero-order chi connectivity index (χ0) is 17.1. The molecule has 0 N–H and O–H groups in total. The van der Waals surface area contributed by atoms with Crippen LogP contribution in [0.25, 0.3) is 0 Å². The van der Waals surface area contributed by atoms with Crippen LogP contribution in [0.4, 0.5) is 0 Å². The van der Waals surface area contributed by atoms with E-state index >= 15 is 0 Å². The Bertz CT molecular complexity index is 643. The van der Waals surface area contributed by atoms with Crippen molar-refractivity contribution in [2.75, 3.05) is 0 Å². The van der Waals surface area contributed by atoms with Gasteiger partial charge in [0.2, 0.25) is 0 Å². The molecule has 1 fully saturated rings. The molecule has 0 bridgehead atoms. The van der Waals surface area contributed by atoms with E-state index in [1.54, 1.807) is 22.3 Å². The van der Waals surface area contributed by atoms with E-state index < -0.39 is 0 Å². The van der Waals surface area contributed by atoms with Crippen molar-refractivity contribution in [1.29, 1.82) is 0 Å². The van der Waals surface area contributed by atoms with Gasteiger partial charge in [-0.2, -0.15) is 0 Å². The Labute approximate surface area is 167 Å². The molecule has 0 aliphatic heterocycles. The van der Waals surface area contributed by atoms with Gasteiger partial charge in [-0.25, -0.2) is 0 Å². The minimum atomic E-state index is 0.609. The Balaban J connectivity index is 1.47. The Morgan fingerprint density at radius 1 is 0.840 bits per heavy atom.